The SMILES string of the molecule is ClCCOC1CCC[C@@H]1Cl. The number of ether oxygens (including phenoxy) is 1. The molecule has 0 radical (unpaired) electrons. The summed E-state index contributed by atoms with van der Waals surface area (Å²) in [7, 11) is 0. The Balaban J connectivity index is 2.14. The Morgan fingerprint density at radius 3 is 2.70 bits per heavy atom. The number of halogens is 2. The molecule has 0 aromatic heterocycles. The molecule has 0 saturated heterocycles. The summed E-state index contributed by atoms with van der Waals surface area (Å²) in [5, 5.41) is 0.225. The molecule has 0 bridgehead atoms. The van der Waals surface area contributed by atoms with Crippen molar-refractivity contribution in [3.05, 3.63) is 0 Å². The van der Waals surface area contributed by atoms with Crippen molar-refractivity contribution in [2.75, 3.05) is 12.5 Å². The summed E-state index contributed by atoms with van der Waals surface area (Å²) in [4.78, 5) is 0. The fraction of sp³-hybridized carbons (Fsp3) is 1.00. The minimum Gasteiger partial charge on any atom is -0.375 e. The van der Waals surface area contributed by atoms with Crippen LogP contribution in [-0.2, 0) is 4.74 Å². The largest absolute Gasteiger partial charge is 0.375 e. The second-order valence-electron chi connectivity index (χ2n) is 2.55. The van der Waals surface area contributed by atoms with Gasteiger partial charge in [-0.25, -0.2) is 0 Å². The van der Waals surface area contributed by atoms with Crippen LogP contribution in [-0.4, -0.2) is 24.0 Å². The lowest BCUT2D eigenvalue weighted by atomic mass is 10.3. The molecular weight excluding hydrogens is 171 g/mol. The van der Waals surface area contributed by atoms with E-state index in [-0.39, 0.29) is 11.5 Å². The van der Waals surface area contributed by atoms with Crippen molar-refractivity contribution in [1.82, 2.24) is 0 Å². The molecule has 0 spiro atoms. The van der Waals surface area contributed by atoms with Gasteiger partial charge in [0.15, 0.2) is 0 Å². The van der Waals surface area contributed by atoms with E-state index >= 15 is 0 Å². The Labute approximate surface area is 71.6 Å². The van der Waals surface area contributed by atoms with E-state index in [9.17, 15) is 0 Å². The summed E-state index contributed by atoms with van der Waals surface area (Å²) in [6, 6.07) is 0. The minimum absolute atomic E-state index is 0.225. The third kappa shape index (κ3) is 2.30. The molecule has 0 N–H and O–H groups in total. The molecule has 1 aliphatic rings. The van der Waals surface area contributed by atoms with Crippen molar-refractivity contribution in [3.8, 4) is 0 Å². The molecule has 1 unspecified atom stereocenters. The van der Waals surface area contributed by atoms with Gasteiger partial charge in [0.1, 0.15) is 0 Å². The predicted molar refractivity (Wildman–Crippen MR) is 44.0 cm³/mol. The van der Waals surface area contributed by atoms with Gasteiger partial charge in [0, 0.05) is 5.88 Å². The maximum atomic E-state index is 5.95. The van der Waals surface area contributed by atoms with Gasteiger partial charge < -0.3 is 4.74 Å². The number of hydrogen-bond donors (Lipinski definition) is 0. The van der Waals surface area contributed by atoms with Gasteiger partial charge in [-0.05, 0) is 19.3 Å². The standard InChI is InChI=1S/C7H12Cl2O/c8-4-5-10-7-3-1-2-6(7)9/h6-7H,1-5H2/t6-,7?/m0/s1. The summed E-state index contributed by atoms with van der Waals surface area (Å²) >= 11 is 11.4. The Morgan fingerprint density at radius 2 is 2.20 bits per heavy atom. The van der Waals surface area contributed by atoms with Gasteiger partial charge >= 0.3 is 0 Å². The van der Waals surface area contributed by atoms with Gasteiger partial charge in [0.25, 0.3) is 0 Å². The van der Waals surface area contributed by atoms with Crippen LogP contribution in [0.2, 0.25) is 0 Å². The van der Waals surface area contributed by atoms with Crippen LogP contribution in [0.15, 0.2) is 0 Å². The topological polar surface area (TPSA) is 9.23 Å². The van der Waals surface area contributed by atoms with Crippen LogP contribution in [0.25, 0.3) is 0 Å². The number of rotatable bonds is 3. The molecule has 1 rings (SSSR count). The molecule has 10 heavy (non-hydrogen) atoms. The highest BCUT2D eigenvalue weighted by Gasteiger charge is 2.25. The lowest BCUT2D eigenvalue weighted by Gasteiger charge is -2.13. The highest BCUT2D eigenvalue weighted by atomic mass is 35.5. The molecular formula is C7H12Cl2O. The summed E-state index contributed by atoms with van der Waals surface area (Å²) < 4.78 is 5.40. The molecule has 0 aromatic rings. The molecule has 0 aromatic carbocycles. The number of alkyl halides is 2. The normalized spacial score (nSPS) is 33.0. The first-order valence-electron chi connectivity index (χ1n) is 3.66. The van der Waals surface area contributed by atoms with Gasteiger partial charge in [-0.2, -0.15) is 0 Å². The van der Waals surface area contributed by atoms with E-state index in [1.807, 2.05) is 0 Å². The van der Waals surface area contributed by atoms with E-state index in [0.717, 1.165) is 12.8 Å². The molecule has 60 valence electrons. The predicted octanol–water partition coefficient (Wildman–Crippen LogP) is 2.40. The van der Waals surface area contributed by atoms with Gasteiger partial charge in [-0.3, -0.25) is 0 Å². The van der Waals surface area contributed by atoms with E-state index in [4.69, 9.17) is 27.9 Å². The van der Waals surface area contributed by atoms with E-state index < -0.39 is 0 Å². The maximum Gasteiger partial charge on any atom is 0.0739 e. The minimum atomic E-state index is 0.225. The Morgan fingerprint density at radius 1 is 1.40 bits per heavy atom. The fourth-order valence-electron chi connectivity index (χ4n) is 1.26. The Kier molecular flexibility index (Phi) is 3.82. The van der Waals surface area contributed by atoms with E-state index in [1.54, 1.807) is 0 Å². The molecule has 0 aliphatic heterocycles. The van der Waals surface area contributed by atoms with E-state index in [0.29, 0.717) is 12.5 Å². The maximum absolute atomic E-state index is 5.95. The zero-order valence-electron chi connectivity index (χ0n) is 5.85. The van der Waals surface area contributed by atoms with Crippen LogP contribution < -0.4 is 0 Å². The first kappa shape index (κ1) is 8.63. The highest BCUT2D eigenvalue weighted by Crippen LogP contribution is 2.26. The summed E-state index contributed by atoms with van der Waals surface area (Å²) in [5.74, 6) is 0.570. The van der Waals surface area contributed by atoms with Gasteiger partial charge in [-0.1, -0.05) is 0 Å². The summed E-state index contributed by atoms with van der Waals surface area (Å²) in [6.45, 7) is 0.634. The average molecular weight is 183 g/mol. The molecule has 3 heteroatoms. The molecule has 1 aliphatic carbocycles. The van der Waals surface area contributed by atoms with Crippen molar-refractivity contribution in [1.29, 1.82) is 0 Å². The Hall–Kier alpha value is 0.540. The second-order valence-corrected chi connectivity index (χ2v) is 3.48. The van der Waals surface area contributed by atoms with Crippen LogP contribution in [0.3, 0.4) is 0 Å². The van der Waals surface area contributed by atoms with E-state index in [1.165, 1.54) is 6.42 Å². The first-order chi connectivity index (χ1) is 4.84. The lowest BCUT2D eigenvalue weighted by Crippen LogP contribution is -2.19. The van der Waals surface area contributed by atoms with Crippen molar-refractivity contribution in [2.45, 2.75) is 30.7 Å². The third-order valence-corrected chi connectivity index (χ3v) is 2.43. The molecule has 0 amide bonds. The summed E-state index contributed by atoms with van der Waals surface area (Å²) in [6.07, 6.45) is 3.65. The van der Waals surface area contributed by atoms with Crippen LogP contribution in [0.1, 0.15) is 19.3 Å². The quantitative estimate of drug-likeness (QED) is 0.610. The van der Waals surface area contributed by atoms with Gasteiger partial charge in [0.2, 0.25) is 0 Å². The zero-order chi connectivity index (χ0) is 7.40. The molecule has 1 saturated carbocycles. The zero-order valence-corrected chi connectivity index (χ0v) is 7.37. The van der Waals surface area contributed by atoms with Gasteiger partial charge in [-0.15, -0.1) is 23.2 Å². The third-order valence-electron chi connectivity index (χ3n) is 1.78. The van der Waals surface area contributed by atoms with Crippen LogP contribution in [0.4, 0.5) is 0 Å². The van der Waals surface area contributed by atoms with Crippen molar-refractivity contribution >= 4 is 23.2 Å². The van der Waals surface area contributed by atoms with Crippen LogP contribution in [0.5, 0.6) is 0 Å². The van der Waals surface area contributed by atoms with Crippen molar-refractivity contribution in [3.63, 3.8) is 0 Å². The fourth-order valence-corrected chi connectivity index (χ4v) is 1.71. The molecule has 0 heterocycles. The smallest absolute Gasteiger partial charge is 0.0739 e. The van der Waals surface area contributed by atoms with Crippen molar-refractivity contribution in [2.24, 2.45) is 0 Å². The highest BCUT2D eigenvalue weighted by molar-refractivity contribution is 6.21. The van der Waals surface area contributed by atoms with Crippen LogP contribution >= 0.6 is 23.2 Å². The second kappa shape index (κ2) is 4.42. The first-order valence-corrected chi connectivity index (χ1v) is 4.63. The lowest BCUT2D eigenvalue weighted by molar-refractivity contribution is 0.0721. The molecule has 1 fully saturated rings. The summed E-state index contributed by atoms with van der Waals surface area (Å²) in [5.41, 5.74) is 0. The monoisotopic (exact) mass is 182 g/mol. The molecule has 1 nitrogen and oxygen atoms in total. The molecule has 2 atom stereocenters. The number of hydrogen-bond acceptors (Lipinski definition) is 1. The van der Waals surface area contributed by atoms with Gasteiger partial charge in [0.05, 0.1) is 18.1 Å². The average Bonchev–Trinajstić information content (AvgIpc) is 2.31. The van der Waals surface area contributed by atoms with E-state index in [2.05, 4.69) is 0 Å². The van der Waals surface area contributed by atoms with Crippen molar-refractivity contribution < 1.29 is 4.74 Å². The Bertz CT molecular complexity index is 97.6. The van der Waals surface area contributed by atoms with Crippen LogP contribution in [0, 0.1) is 0 Å².